The van der Waals surface area contributed by atoms with Crippen LogP contribution in [-0.4, -0.2) is 11.1 Å². The van der Waals surface area contributed by atoms with Gasteiger partial charge < -0.3 is 5.11 Å². The zero-order chi connectivity index (χ0) is 8.97. The van der Waals surface area contributed by atoms with Gasteiger partial charge in [-0.25, -0.2) is 0 Å². The Morgan fingerprint density at radius 2 is 2.25 bits per heavy atom. The monoisotopic (exact) mass is 162 g/mol. The van der Waals surface area contributed by atoms with E-state index in [0.29, 0.717) is 0 Å². The molecule has 0 saturated carbocycles. The van der Waals surface area contributed by atoms with E-state index in [1.165, 1.54) is 0 Å². The Labute approximate surface area is 71.2 Å². The number of rotatable bonds is 2. The molecule has 0 aliphatic heterocycles. The fourth-order valence-electron chi connectivity index (χ4n) is 0.899. The maximum absolute atomic E-state index is 10.3. The third-order valence-corrected chi connectivity index (χ3v) is 1.50. The summed E-state index contributed by atoms with van der Waals surface area (Å²) in [6.07, 6.45) is 7.27. The van der Waals surface area contributed by atoms with Crippen LogP contribution in [0.1, 0.15) is 13.3 Å². The maximum Gasteiger partial charge on any atom is 0.307 e. The highest BCUT2D eigenvalue weighted by Gasteiger charge is 1.99. The molecule has 0 aromatic carbocycles. The van der Waals surface area contributed by atoms with E-state index in [-0.39, 0.29) is 6.42 Å². The van der Waals surface area contributed by atoms with E-state index in [0.717, 1.165) is 11.1 Å². The molecule has 1 N–H and O–H groups in total. The van der Waals surface area contributed by atoms with E-state index in [9.17, 15) is 4.79 Å². The van der Waals surface area contributed by atoms with E-state index >= 15 is 0 Å². The van der Waals surface area contributed by atoms with Gasteiger partial charge in [0.15, 0.2) is 0 Å². The lowest BCUT2D eigenvalue weighted by Gasteiger charge is -1.92. The smallest absolute Gasteiger partial charge is 0.307 e. The molecule has 0 bridgehead atoms. The normalized spacial score (nSPS) is 15.1. The molecule has 1 aliphatic rings. The minimum atomic E-state index is -0.813. The molecule has 1 aliphatic carbocycles. The van der Waals surface area contributed by atoms with Crippen molar-refractivity contribution >= 4 is 5.97 Å². The van der Waals surface area contributed by atoms with E-state index in [2.05, 4.69) is 5.73 Å². The molecule has 62 valence electrons. The second kappa shape index (κ2) is 3.74. The molecule has 2 nitrogen and oxygen atoms in total. The second-order valence-corrected chi connectivity index (χ2v) is 2.68. The Kier molecular flexibility index (Phi) is 2.67. The van der Waals surface area contributed by atoms with E-state index < -0.39 is 5.97 Å². The SMILES string of the molecule is CC1=CC=C(CC(=O)O)C=C=C1. The van der Waals surface area contributed by atoms with Crippen LogP contribution in [0.15, 0.2) is 41.2 Å². The minimum Gasteiger partial charge on any atom is -0.481 e. The Hall–Kier alpha value is -1.53. The van der Waals surface area contributed by atoms with Crippen LogP contribution in [0.25, 0.3) is 0 Å². The van der Waals surface area contributed by atoms with Crippen molar-refractivity contribution in [2.75, 3.05) is 0 Å². The van der Waals surface area contributed by atoms with Crippen LogP contribution in [0.2, 0.25) is 0 Å². The van der Waals surface area contributed by atoms with Crippen LogP contribution in [-0.2, 0) is 4.79 Å². The van der Waals surface area contributed by atoms with Gasteiger partial charge >= 0.3 is 5.97 Å². The van der Waals surface area contributed by atoms with E-state index in [1.807, 2.05) is 19.1 Å². The highest BCUT2D eigenvalue weighted by Crippen LogP contribution is 2.08. The number of carboxylic acid groups (broad SMARTS) is 1. The third-order valence-electron chi connectivity index (χ3n) is 1.50. The summed E-state index contributed by atoms with van der Waals surface area (Å²) in [6, 6.07) is 0. The standard InChI is InChI=1S/C10H10O2/c1-8-3-2-4-9(6-5-8)7-10(11)12/h3-6H,7H2,1H3,(H,11,12). The van der Waals surface area contributed by atoms with Gasteiger partial charge in [-0.1, -0.05) is 12.2 Å². The lowest BCUT2D eigenvalue weighted by atomic mass is 10.2. The summed E-state index contributed by atoms with van der Waals surface area (Å²) in [7, 11) is 0. The molecule has 0 fully saturated rings. The topological polar surface area (TPSA) is 37.3 Å². The van der Waals surface area contributed by atoms with Crippen LogP contribution in [0.3, 0.4) is 0 Å². The fraction of sp³-hybridized carbons (Fsp3) is 0.200. The number of allylic oxidation sites excluding steroid dienone is 4. The summed E-state index contributed by atoms with van der Waals surface area (Å²) in [5, 5.41) is 8.50. The van der Waals surface area contributed by atoms with Crippen molar-refractivity contribution in [1.82, 2.24) is 0 Å². The van der Waals surface area contributed by atoms with Gasteiger partial charge in [0.25, 0.3) is 0 Å². The molecule has 0 radical (unpaired) electrons. The lowest BCUT2D eigenvalue weighted by Crippen LogP contribution is -1.94. The summed E-state index contributed by atoms with van der Waals surface area (Å²) >= 11 is 0. The van der Waals surface area contributed by atoms with Gasteiger partial charge in [0.05, 0.1) is 6.42 Å². The first-order chi connectivity index (χ1) is 5.68. The van der Waals surface area contributed by atoms with Crippen molar-refractivity contribution in [1.29, 1.82) is 0 Å². The molecule has 12 heavy (non-hydrogen) atoms. The van der Waals surface area contributed by atoms with Crippen LogP contribution < -0.4 is 0 Å². The largest absolute Gasteiger partial charge is 0.481 e. The maximum atomic E-state index is 10.3. The molecule has 0 heterocycles. The van der Waals surface area contributed by atoms with Crippen molar-refractivity contribution in [3.8, 4) is 0 Å². The van der Waals surface area contributed by atoms with Gasteiger partial charge in [0, 0.05) is 0 Å². The molecular formula is C10H10O2. The van der Waals surface area contributed by atoms with Crippen molar-refractivity contribution in [2.24, 2.45) is 0 Å². The third kappa shape index (κ3) is 2.60. The lowest BCUT2D eigenvalue weighted by molar-refractivity contribution is -0.136. The Morgan fingerprint density at radius 1 is 1.50 bits per heavy atom. The average Bonchev–Trinajstić information content (AvgIpc) is 2.15. The Balaban J connectivity index is 2.81. The van der Waals surface area contributed by atoms with Crippen LogP contribution in [0.5, 0.6) is 0 Å². The Morgan fingerprint density at radius 3 is 2.92 bits per heavy atom. The van der Waals surface area contributed by atoms with Crippen molar-refractivity contribution in [3.63, 3.8) is 0 Å². The molecule has 0 aromatic rings. The van der Waals surface area contributed by atoms with Crippen LogP contribution in [0, 0.1) is 0 Å². The van der Waals surface area contributed by atoms with Gasteiger partial charge in [0.2, 0.25) is 0 Å². The summed E-state index contributed by atoms with van der Waals surface area (Å²) in [5.41, 5.74) is 4.75. The van der Waals surface area contributed by atoms with E-state index in [4.69, 9.17) is 5.11 Å². The molecule has 0 unspecified atom stereocenters. The van der Waals surface area contributed by atoms with Gasteiger partial charge in [0.1, 0.15) is 0 Å². The van der Waals surface area contributed by atoms with Gasteiger partial charge in [-0.3, -0.25) is 4.79 Å². The number of carbonyl (C=O) groups is 1. The first-order valence-corrected chi connectivity index (χ1v) is 3.70. The Bertz CT molecular complexity index is 313. The van der Waals surface area contributed by atoms with Crippen molar-refractivity contribution in [2.45, 2.75) is 13.3 Å². The molecule has 0 spiro atoms. The minimum absolute atomic E-state index is 0.0601. The second-order valence-electron chi connectivity index (χ2n) is 2.68. The highest BCUT2D eigenvalue weighted by atomic mass is 16.4. The van der Waals surface area contributed by atoms with Crippen LogP contribution in [0.4, 0.5) is 0 Å². The summed E-state index contributed by atoms with van der Waals surface area (Å²) in [5.74, 6) is -0.813. The number of aliphatic carboxylic acids is 1. The van der Waals surface area contributed by atoms with Crippen molar-refractivity contribution < 1.29 is 9.90 Å². The average molecular weight is 162 g/mol. The molecule has 0 atom stereocenters. The molecular weight excluding hydrogens is 152 g/mol. The fourth-order valence-corrected chi connectivity index (χ4v) is 0.899. The van der Waals surface area contributed by atoms with E-state index in [1.54, 1.807) is 12.2 Å². The summed E-state index contributed by atoms with van der Waals surface area (Å²) in [4.78, 5) is 10.3. The zero-order valence-corrected chi connectivity index (χ0v) is 6.87. The molecule has 0 aromatic heterocycles. The number of hydrogen-bond donors (Lipinski definition) is 1. The zero-order valence-electron chi connectivity index (χ0n) is 6.87. The van der Waals surface area contributed by atoms with Gasteiger partial charge in [-0.2, -0.15) is 0 Å². The quantitative estimate of drug-likeness (QED) is 0.631. The molecule has 0 saturated heterocycles. The molecule has 1 rings (SSSR count). The van der Waals surface area contributed by atoms with Crippen molar-refractivity contribution in [3.05, 3.63) is 41.2 Å². The summed E-state index contributed by atoms with van der Waals surface area (Å²) in [6.45, 7) is 1.95. The van der Waals surface area contributed by atoms with Crippen LogP contribution >= 0.6 is 0 Å². The predicted octanol–water partition coefficient (Wildman–Crippen LogP) is 2.06. The first-order valence-electron chi connectivity index (χ1n) is 3.70. The predicted molar refractivity (Wildman–Crippen MR) is 46.7 cm³/mol. The first kappa shape index (κ1) is 8.57. The molecule has 0 amide bonds. The molecule has 2 heteroatoms. The number of hydrogen-bond acceptors (Lipinski definition) is 1. The highest BCUT2D eigenvalue weighted by molar-refractivity contribution is 5.71. The number of carboxylic acids is 1. The summed E-state index contributed by atoms with van der Waals surface area (Å²) < 4.78 is 0. The van der Waals surface area contributed by atoms with Gasteiger partial charge in [-0.15, -0.1) is 5.73 Å². The van der Waals surface area contributed by atoms with Gasteiger partial charge in [-0.05, 0) is 30.2 Å².